The Hall–Kier alpha value is -1.46. The minimum Gasteiger partial charge on any atom is -0.486 e. The lowest BCUT2D eigenvalue weighted by atomic mass is 10.0. The molecule has 5 nitrogen and oxygen atoms in total. The zero-order valence-corrected chi connectivity index (χ0v) is 14.6. The third-order valence-corrected chi connectivity index (χ3v) is 4.93. The monoisotopic (exact) mass is 352 g/mol. The number of halogens is 1. The third kappa shape index (κ3) is 3.95. The molecule has 2 heterocycles. The molecule has 1 aromatic rings. The first kappa shape index (κ1) is 17.4. The molecule has 0 spiro atoms. The highest BCUT2D eigenvalue weighted by Crippen LogP contribution is 2.43. The highest BCUT2D eigenvalue weighted by molar-refractivity contribution is 5.85. The van der Waals surface area contributed by atoms with Gasteiger partial charge in [-0.1, -0.05) is 6.07 Å². The van der Waals surface area contributed by atoms with Crippen molar-refractivity contribution in [3.63, 3.8) is 0 Å². The Balaban J connectivity index is 0.00000169. The van der Waals surface area contributed by atoms with Gasteiger partial charge in [-0.25, -0.2) is 0 Å². The smallest absolute Gasteiger partial charge is 0.222 e. The molecule has 2 fully saturated rings. The molecule has 2 atom stereocenters. The highest BCUT2D eigenvalue weighted by atomic mass is 35.5. The second kappa shape index (κ2) is 7.62. The minimum absolute atomic E-state index is 0. The van der Waals surface area contributed by atoms with Crippen molar-refractivity contribution >= 4 is 18.3 Å². The number of fused-ring (bicyclic) bond motifs is 1. The molecule has 1 saturated heterocycles. The molecule has 2 unspecified atom stereocenters. The van der Waals surface area contributed by atoms with Crippen LogP contribution >= 0.6 is 12.4 Å². The highest BCUT2D eigenvalue weighted by Gasteiger charge is 2.34. The van der Waals surface area contributed by atoms with Gasteiger partial charge in [-0.3, -0.25) is 4.79 Å². The van der Waals surface area contributed by atoms with Crippen LogP contribution in [0.2, 0.25) is 0 Å². The Kier molecular flexibility index (Phi) is 5.51. The third-order valence-electron chi connectivity index (χ3n) is 4.93. The molecule has 24 heavy (non-hydrogen) atoms. The van der Waals surface area contributed by atoms with E-state index in [9.17, 15) is 4.79 Å². The number of hydrogen-bond acceptors (Lipinski definition) is 4. The summed E-state index contributed by atoms with van der Waals surface area (Å²) in [5, 5.41) is 6.64. The van der Waals surface area contributed by atoms with Crippen molar-refractivity contribution in [1.29, 1.82) is 0 Å². The van der Waals surface area contributed by atoms with Crippen LogP contribution in [-0.2, 0) is 4.79 Å². The Morgan fingerprint density at radius 2 is 2.00 bits per heavy atom. The number of carbonyl (C=O) groups excluding carboxylic acids is 1. The van der Waals surface area contributed by atoms with E-state index in [1.165, 1.54) is 19.3 Å². The first-order chi connectivity index (χ1) is 11.3. The fraction of sp³-hybridized carbons (Fsp3) is 0.611. The molecule has 0 bridgehead atoms. The van der Waals surface area contributed by atoms with E-state index in [1.54, 1.807) is 0 Å². The number of hydrogen-bond donors (Lipinski definition) is 2. The van der Waals surface area contributed by atoms with Crippen LogP contribution in [0, 0.1) is 5.92 Å². The van der Waals surface area contributed by atoms with Crippen molar-refractivity contribution in [3.8, 4) is 11.5 Å². The van der Waals surface area contributed by atoms with Crippen molar-refractivity contribution in [2.24, 2.45) is 5.92 Å². The van der Waals surface area contributed by atoms with Gasteiger partial charge in [0.1, 0.15) is 13.2 Å². The summed E-state index contributed by atoms with van der Waals surface area (Å²) in [6.07, 6.45) is 5.22. The summed E-state index contributed by atoms with van der Waals surface area (Å²) in [5.41, 5.74) is 1.13. The molecule has 132 valence electrons. The number of nitrogens with one attached hydrogen (secondary N) is 2. The van der Waals surface area contributed by atoms with E-state index in [1.807, 2.05) is 12.1 Å². The predicted octanol–water partition coefficient (Wildman–Crippen LogP) is 2.59. The summed E-state index contributed by atoms with van der Waals surface area (Å²) >= 11 is 0. The summed E-state index contributed by atoms with van der Waals surface area (Å²) < 4.78 is 11.3. The maximum Gasteiger partial charge on any atom is 0.222 e. The molecular formula is C18H25ClN2O3. The van der Waals surface area contributed by atoms with Crippen LogP contribution in [0.25, 0.3) is 0 Å². The van der Waals surface area contributed by atoms with E-state index < -0.39 is 0 Å². The van der Waals surface area contributed by atoms with Crippen LogP contribution in [0.15, 0.2) is 18.2 Å². The van der Waals surface area contributed by atoms with Crippen molar-refractivity contribution in [2.75, 3.05) is 19.8 Å². The van der Waals surface area contributed by atoms with Crippen LogP contribution in [-0.4, -0.2) is 31.7 Å². The Bertz CT molecular complexity index is 586. The predicted molar refractivity (Wildman–Crippen MR) is 93.9 cm³/mol. The second-order valence-electron chi connectivity index (χ2n) is 6.78. The molecule has 2 N–H and O–H groups in total. The molecule has 4 rings (SSSR count). The fourth-order valence-electron chi connectivity index (χ4n) is 3.54. The Labute approximate surface area is 148 Å². The molecule has 1 saturated carbocycles. The topological polar surface area (TPSA) is 59.6 Å². The maximum atomic E-state index is 12.4. The van der Waals surface area contributed by atoms with E-state index >= 15 is 0 Å². The largest absolute Gasteiger partial charge is 0.486 e. The van der Waals surface area contributed by atoms with Gasteiger partial charge in [-0.15, -0.1) is 12.4 Å². The van der Waals surface area contributed by atoms with Gasteiger partial charge < -0.3 is 20.1 Å². The average Bonchev–Trinajstić information content (AvgIpc) is 3.29. The van der Waals surface area contributed by atoms with Crippen molar-refractivity contribution < 1.29 is 14.3 Å². The summed E-state index contributed by atoms with van der Waals surface area (Å²) in [7, 11) is 0. The average molecular weight is 353 g/mol. The second-order valence-corrected chi connectivity index (χ2v) is 6.78. The van der Waals surface area contributed by atoms with Gasteiger partial charge in [0.2, 0.25) is 5.91 Å². The first-order valence-electron chi connectivity index (χ1n) is 8.72. The lowest BCUT2D eigenvalue weighted by molar-refractivity contribution is -0.122. The van der Waals surface area contributed by atoms with E-state index in [0.717, 1.165) is 30.0 Å². The van der Waals surface area contributed by atoms with Crippen molar-refractivity contribution in [3.05, 3.63) is 23.8 Å². The molecule has 1 aromatic carbocycles. The lowest BCUT2D eigenvalue weighted by Crippen LogP contribution is -2.35. The van der Waals surface area contributed by atoms with Crippen LogP contribution in [0.4, 0.5) is 0 Å². The van der Waals surface area contributed by atoms with Crippen molar-refractivity contribution in [1.82, 2.24) is 10.6 Å². The number of amides is 1. The van der Waals surface area contributed by atoms with Crippen LogP contribution < -0.4 is 20.1 Å². The number of rotatable bonds is 5. The van der Waals surface area contributed by atoms with E-state index in [0.29, 0.717) is 31.6 Å². The van der Waals surface area contributed by atoms with Crippen LogP contribution in [0.1, 0.15) is 43.7 Å². The van der Waals surface area contributed by atoms with Gasteiger partial charge in [0, 0.05) is 12.5 Å². The molecule has 0 aromatic heterocycles. The zero-order valence-electron chi connectivity index (χ0n) is 13.8. The van der Waals surface area contributed by atoms with Gasteiger partial charge in [-0.2, -0.15) is 0 Å². The van der Waals surface area contributed by atoms with Gasteiger partial charge in [0.25, 0.3) is 0 Å². The normalized spacial score (nSPS) is 23.2. The Morgan fingerprint density at radius 3 is 2.71 bits per heavy atom. The molecular weight excluding hydrogens is 328 g/mol. The fourth-order valence-corrected chi connectivity index (χ4v) is 3.54. The lowest BCUT2D eigenvalue weighted by Gasteiger charge is -2.23. The van der Waals surface area contributed by atoms with E-state index in [-0.39, 0.29) is 24.4 Å². The SMILES string of the molecule is Cl.O=C(CC1CCCN1)NC(c1ccc2c(c1)OCCO2)C1CC1. The summed E-state index contributed by atoms with van der Waals surface area (Å²) in [4.78, 5) is 12.4. The molecule has 0 radical (unpaired) electrons. The summed E-state index contributed by atoms with van der Waals surface area (Å²) in [6.45, 7) is 2.22. The standard InChI is InChI=1S/C18H24N2O3.ClH/c21-17(11-14-2-1-7-19-14)20-18(12-3-4-12)13-5-6-15-16(10-13)23-9-8-22-15;/h5-6,10,12,14,18-19H,1-4,7-9,11H2,(H,20,21);1H. The van der Waals surface area contributed by atoms with Gasteiger partial charge >= 0.3 is 0 Å². The molecule has 1 aliphatic carbocycles. The number of carbonyl (C=O) groups is 1. The van der Waals surface area contributed by atoms with Crippen molar-refractivity contribution in [2.45, 2.75) is 44.2 Å². The number of benzene rings is 1. The molecule has 3 aliphatic rings. The number of ether oxygens (including phenoxy) is 2. The summed E-state index contributed by atoms with van der Waals surface area (Å²) in [5.74, 6) is 2.30. The quantitative estimate of drug-likeness (QED) is 0.855. The minimum atomic E-state index is 0. The van der Waals surface area contributed by atoms with E-state index in [4.69, 9.17) is 9.47 Å². The van der Waals surface area contributed by atoms with Gasteiger partial charge in [0.15, 0.2) is 11.5 Å². The van der Waals surface area contributed by atoms with Crippen LogP contribution in [0.5, 0.6) is 11.5 Å². The van der Waals surface area contributed by atoms with E-state index in [2.05, 4.69) is 16.7 Å². The molecule has 6 heteroatoms. The van der Waals surface area contributed by atoms with Gasteiger partial charge in [0.05, 0.1) is 6.04 Å². The summed E-state index contributed by atoms with van der Waals surface area (Å²) in [6, 6.07) is 6.50. The zero-order chi connectivity index (χ0) is 15.6. The van der Waals surface area contributed by atoms with Gasteiger partial charge in [-0.05, 0) is 55.8 Å². The molecule has 1 amide bonds. The Morgan fingerprint density at radius 1 is 1.21 bits per heavy atom. The maximum absolute atomic E-state index is 12.4. The van der Waals surface area contributed by atoms with Crippen LogP contribution in [0.3, 0.4) is 0 Å². The first-order valence-corrected chi connectivity index (χ1v) is 8.72. The molecule has 2 aliphatic heterocycles.